The summed E-state index contributed by atoms with van der Waals surface area (Å²) in [5.74, 6) is -4.37. The molecule has 0 radical (unpaired) electrons. The molecule has 4 aromatic carbocycles. The first kappa shape index (κ1) is 80.5. The number of piperidine rings is 4. The molecule has 6 fully saturated rings. The zero-order valence-corrected chi connectivity index (χ0v) is 68.3. The van der Waals surface area contributed by atoms with Crippen LogP contribution in [0.1, 0.15) is 137 Å². The summed E-state index contributed by atoms with van der Waals surface area (Å²) in [7, 11) is 0. The van der Waals surface area contributed by atoms with Crippen molar-refractivity contribution in [1.29, 1.82) is 0 Å². The van der Waals surface area contributed by atoms with Crippen molar-refractivity contribution in [2.75, 3.05) is 109 Å². The van der Waals surface area contributed by atoms with Gasteiger partial charge in [0.15, 0.2) is 22.9 Å². The van der Waals surface area contributed by atoms with Crippen LogP contribution in [-0.2, 0) is 43.5 Å². The van der Waals surface area contributed by atoms with Gasteiger partial charge < -0.3 is 40.4 Å². The Balaban J connectivity index is 0.513. The molecule has 18 rings (SSSR count). The highest BCUT2D eigenvalue weighted by molar-refractivity contribution is 6.25. The van der Waals surface area contributed by atoms with Crippen LogP contribution in [0.4, 0.5) is 50.4 Å². The Hall–Kier alpha value is -13.5. The van der Waals surface area contributed by atoms with E-state index in [2.05, 4.69) is 74.4 Å². The number of benzene rings is 4. The number of piperazine rings is 2. The molecule has 10 aromatic rings. The van der Waals surface area contributed by atoms with E-state index < -0.39 is 81.9 Å². The van der Waals surface area contributed by atoms with Gasteiger partial charge in [0, 0.05) is 144 Å². The molecule has 0 bridgehead atoms. The lowest BCUT2D eigenvalue weighted by molar-refractivity contribution is -0.137. The van der Waals surface area contributed by atoms with Gasteiger partial charge in [-0.3, -0.25) is 78.2 Å². The molecule has 0 aliphatic carbocycles. The number of carbonyl (C=O) groups excluding carboxylic acids is 8. The van der Waals surface area contributed by atoms with E-state index in [-0.39, 0.29) is 118 Å². The smallest absolute Gasteiger partial charge is 0.278 e. The second-order valence-electron chi connectivity index (χ2n) is 33.4. The van der Waals surface area contributed by atoms with Gasteiger partial charge in [0.05, 0.1) is 52.4 Å². The van der Waals surface area contributed by atoms with E-state index in [0.29, 0.717) is 66.7 Å². The van der Waals surface area contributed by atoms with Gasteiger partial charge >= 0.3 is 0 Å². The zero-order chi connectivity index (χ0) is 85.6. The lowest BCUT2D eigenvalue weighted by Gasteiger charge is -2.44. The van der Waals surface area contributed by atoms with Crippen LogP contribution >= 0.6 is 0 Å². The van der Waals surface area contributed by atoms with Crippen molar-refractivity contribution >= 4 is 121 Å². The number of nitrogens with zero attached hydrogens (tertiary/aromatic N) is 18. The molecular weight excluding hydrogens is 1580 g/mol. The molecule has 14 heterocycles. The topological polar surface area (TPSA) is 382 Å². The Morgan fingerprint density at radius 1 is 0.488 bits per heavy atom. The maximum absolute atomic E-state index is 15.8. The number of halogens is 1. The molecule has 6 saturated heterocycles. The number of nitrogens with one attached hydrogen (secondary N) is 4. The standard InChI is InChI=1S/C88H91FN22O12/c1-6-32-106-79(116)63-49-90-86(93-53-15-19-54(20-16-53)100-34-28-56(29-35-100)102-38-40-104(41-39-102)58-21-22-59-60(46-58)82(119)108(81(59)118)66-23-26-72(112)96-77(66)114)99-76(63)111(106)71-25-12-51(74(95-71)88(4,5)123)9-8-33-107-80(117)64-50-91-85(98-75(64)110(107)70-11-7-10-69(94-70)87(2,3)122)92-52-13-17-55(18-14-52)101-36-30-57(31-37-101)103-42-44-105(45-43-103)68-48-62-61(47-65(68)89)83(120)109(84(62)121)67-24-27-73(113)97-78(67)115/h6-22,25,46-50,56-57,66-67,122-123H,1,23-24,26-45H2,2-5H3,(H,90,93,99)(H,91,92,98)(H,96,112,114)(H,97,113,115)/b9-8+. The number of aliphatic hydroxyl groups is 2. The molecule has 0 spiro atoms. The third kappa shape index (κ3) is 15.3. The van der Waals surface area contributed by atoms with Crippen molar-refractivity contribution in [3.05, 3.63) is 206 Å². The third-order valence-electron chi connectivity index (χ3n) is 24.7. The second kappa shape index (κ2) is 32.1. The molecular formula is C88H91FN22O12. The maximum Gasteiger partial charge on any atom is 0.278 e. The summed E-state index contributed by atoms with van der Waals surface area (Å²) in [5, 5.41) is 34.6. The van der Waals surface area contributed by atoms with Crippen LogP contribution in [-0.4, -0.2) is 228 Å². The molecule has 6 N–H and O–H groups in total. The Bertz CT molecular complexity index is 6150. The Labute approximate surface area is 703 Å². The minimum Gasteiger partial charge on any atom is -0.384 e. The Kier molecular flexibility index (Phi) is 21.0. The number of hydrogen-bond acceptors (Lipinski definition) is 26. The van der Waals surface area contributed by atoms with Gasteiger partial charge in [0.2, 0.25) is 35.5 Å². The van der Waals surface area contributed by atoms with Gasteiger partial charge in [-0.05, 0) is 175 Å². The highest BCUT2D eigenvalue weighted by atomic mass is 19.1. The molecule has 2 atom stereocenters. The van der Waals surface area contributed by atoms with Gasteiger partial charge in [0.1, 0.15) is 39.9 Å². The van der Waals surface area contributed by atoms with E-state index in [1.54, 1.807) is 97.8 Å². The van der Waals surface area contributed by atoms with Crippen LogP contribution < -0.4 is 52.0 Å². The van der Waals surface area contributed by atoms with E-state index >= 15 is 4.39 Å². The normalized spacial score (nSPS) is 19.3. The summed E-state index contributed by atoms with van der Waals surface area (Å²) in [4.78, 5) is 176. The second-order valence-corrected chi connectivity index (χ2v) is 33.4. The lowest BCUT2D eigenvalue weighted by atomic mass is 9.99. The number of aromatic nitrogens is 10. The highest BCUT2D eigenvalue weighted by Gasteiger charge is 2.48. The number of rotatable bonds is 21. The van der Waals surface area contributed by atoms with Crippen LogP contribution in [0, 0.1) is 5.82 Å². The molecule has 2 unspecified atom stereocenters. The molecule has 6 aromatic heterocycles. The fraction of sp³-hybridized carbons (Fsp3) is 0.364. The summed E-state index contributed by atoms with van der Waals surface area (Å²) in [6.45, 7) is 19.2. The lowest BCUT2D eigenvalue weighted by Crippen LogP contribution is -2.54. The molecule has 632 valence electrons. The highest BCUT2D eigenvalue weighted by Crippen LogP contribution is 2.38. The predicted octanol–water partition coefficient (Wildman–Crippen LogP) is 6.63. The molecule has 0 saturated carbocycles. The van der Waals surface area contributed by atoms with E-state index in [4.69, 9.17) is 19.9 Å². The van der Waals surface area contributed by atoms with Gasteiger partial charge in [-0.1, -0.05) is 24.3 Å². The van der Waals surface area contributed by atoms with Crippen molar-refractivity contribution in [1.82, 2.24) is 78.9 Å². The predicted molar refractivity (Wildman–Crippen MR) is 455 cm³/mol. The Morgan fingerprint density at radius 2 is 0.951 bits per heavy atom. The number of fused-ring (bicyclic) bond motifs is 4. The van der Waals surface area contributed by atoms with Crippen molar-refractivity contribution in [2.45, 2.75) is 128 Å². The number of pyridine rings is 2. The fourth-order valence-electron chi connectivity index (χ4n) is 18.3. The molecule has 35 heteroatoms. The summed E-state index contributed by atoms with van der Waals surface area (Å²) in [6, 6.07) is 30.9. The number of allylic oxidation sites excluding steroid dienone is 2. The van der Waals surface area contributed by atoms with Crippen LogP contribution in [0.15, 0.2) is 150 Å². The number of hydrogen-bond donors (Lipinski definition) is 6. The summed E-state index contributed by atoms with van der Waals surface area (Å²) < 4.78 is 21.9. The van der Waals surface area contributed by atoms with E-state index in [1.807, 2.05) is 47.4 Å². The van der Waals surface area contributed by atoms with Gasteiger partial charge in [-0.2, -0.15) is 9.97 Å². The Morgan fingerprint density at radius 3 is 1.45 bits per heavy atom. The first-order valence-electron chi connectivity index (χ1n) is 41.5. The largest absolute Gasteiger partial charge is 0.384 e. The van der Waals surface area contributed by atoms with Gasteiger partial charge in [-0.15, -0.1) is 6.58 Å². The van der Waals surface area contributed by atoms with Crippen LogP contribution in [0.5, 0.6) is 0 Å². The first-order chi connectivity index (χ1) is 59.2. The average molecular weight is 1670 g/mol. The molecule has 123 heavy (non-hydrogen) atoms. The number of imide groups is 4. The van der Waals surface area contributed by atoms with Crippen molar-refractivity contribution in [3.8, 4) is 11.6 Å². The first-order valence-corrected chi connectivity index (χ1v) is 41.5. The van der Waals surface area contributed by atoms with Crippen molar-refractivity contribution < 1.29 is 53.0 Å². The summed E-state index contributed by atoms with van der Waals surface area (Å²) in [5.41, 5.74) is 2.91. The molecule has 8 amide bonds. The van der Waals surface area contributed by atoms with E-state index in [1.165, 1.54) is 27.8 Å². The van der Waals surface area contributed by atoms with Crippen LogP contribution in [0.25, 0.3) is 39.8 Å². The quantitative estimate of drug-likeness (QED) is 0.0324. The third-order valence-corrected chi connectivity index (χ3v) is 24.7. The molecule has 8 aliphatic heterocycles. The van der Waals surface area contributed by atoms with Gasteiger partial charge in [0.25, 0.3) is 34.7 Å². The number of anilines is 8. The average Bonchev–Trinajstić information content (AvgIpc) is 1.61. The SMILES string of the molecule is C=CCn1c(=O)c2cnc(Nc3ccc(N4CCC(N5CCN(c6ccc7c(c6)C(=O)N(C6CCC(=O)NC6=O)C7=O)CC5)CC4)cc3)nc2n1-c1ccc(/C=C/Cn2c(=O)c3cnc(Nc4ccc(N5CCC(N6CCN(c7cc8c(cc7F)C(=O)N(C7CCC(=O)NC7=O)C8=O)CC6)CC5)cc4)nc3n2-c2cccc(C(C)(C)O)n2)c(C(C)(C)O)n1. The zero-order valence-electron chi connectivity index (χ0n) is 68.3. The van der Waals surface area contributed by atoms with E-state index in [9.17, 15) is 58.2 Å². The number of carbonyl (C=O) groups is 8. The fourth-order valence-corrected chi connectivity index (χ4v) is 18.3. The van der Waals surface area contributed by atoms with Gasteiger partial charge in [-0.25, -0.2) is 43.1 Å². The maximum atomic E-state index is 15.8. The monoisotopic (exact) mass is 1670 g/mol. The summed E-state index contributed by atoms with van der Waals surface area (Å²) >= 11 is 0. The van der Waals surface area contributed by atoms with Crippen molar-refractivity contribution in [3.63, 3.8) is 0 Å². The van der Waals surface area contributed by atoms with E-state index in [0.717, 1.165) is 111 Å². The minimum absolute atomic E-state index is 0.00566. The minimum atomic E-state index is -1.55. The molecule has 34 nitrogen and oxygen atoms in total. The molecule has 8 aliphatic rings. The van der Waals surface area contributed by atoms with Crippen molar-refractivity contribution in [2.24, 2.45) is 0 Å². The van der Waals surface area contributed by atoms with Crippen LogP contribution in [0.2, 0.25) is 0 Å². The van der Waals surface area contributed by atoms with Crippen LogP contribution in [0.3, 0.4) is 0 Å². The summed E-state index contributed by atoms with van der Waals surface area (Å²) in [6.07, 6.45) is 11.9. The number of amides is 8.